The molecule has 356 valence electrons. The van der Waals surface area contributed by atoms with Crippen LogP contribution in [0, 0.1) is 11.8 Å². The van der Waals surface area contributed by atoms with Crippen LogP contribution in [0.25, 0.3) is 0 Å². The lowest BCUT2D eigenvalue weighted by molar-refractivity contribution is -0.344. The molecule has 62 heavy (non-hydrogen) atoms. The fourth-order valence-corrected chi connectivity index (χ4v) is 9.40. The van der Waals surface area contributed by atoms with E-state index in [1.54, 1.807) is 39.8 Å². The second-order valence-electron chi connectivity index (χ2n) is 18.4. The lowest BCUT2D eigenvalue weighted by Gasteiger charge is -2.50. The maximum absolute atomic E-state index is 13.4. The number of carbonyl (C=O) groups is 3. The molecule has 0 radical (unpaired) electrons. The Labute approximate surface area is 368 Å². The number of aldehydes is 1. The molecule has 4 aliphatic rings. The highest BCUT2D eigenvalue weighted by Gasteiger charge is 2.52. The number of hydrogen-bond acceptors (Lipinski definition) is 17. The number of aliphatic hydroxyl groups is 3. The summed E-state index contributed by atoms with van der Waals surface area (Å²) in [4.78, 5) is 42.7. The third-order valence-corrected chi connectivity index (χ3v) is 12.7. The van der Waals surface area contributed by atoms with Crippen LogP contribution in [0.5, 0.6) is 0 Å². The normalized spacial score (nSPS) is 44.0. The zero-order valence-electron chi connectivity index (χ0n) is 38.9. The van der Waals surface area contributed by atoms with Gasteiger partial charge in [-0.05, 0) is 93.9 Å². The number of cyclic esters (lactones) is 1. The van der Waals surface area contributed by atoms with Gasteiger partial charge in [0.2, 0.25) is 0 Å². The molecule has 0 bridgehead atoms. The Morgan fingerprint density at radius 1 is 0.903 bits per heavy atom. The van der Waals surface area contributed by atoms with Gasteiger partial charge < -0.3 is 72.5 Å². The molecular formula is C45H76N2O15. The van der Waals surface area contributed by atoms with Crippen LogP contribution < -0.4 is 0 Å². The summed E-state index contributed by atoms with van der Waals surface area (Å²) in [5, 5.41) is 33.6. The molecule has 0 aromatic carbocycles. The maximum atomic E-state index is 13.4. The zero-order valence-corrected chi connectivity index (χ0v) is 38.9. The second-order valence-corrected chi connectivity index (χ2v) is 18.4. The number of esters is 2. The molecule has 3 fully saturated rings. The molecule has 4 aliphatic heterocycles. The first-order valence-electron chi connectivity index (χ1n) is 22.2. The summed E-state index contributed by atoms with van der Waals surface area (Å²) in [5.41, 5.74) is -1.49. The molecule has 0 unspecified atom stereocenters. The molecule has 4 heterocycles. The van der Waals surface area contributed by atoms with E-state index in [9.17, 15) is 29.7 Å². The fraction of sp³-hybridized carbons (Fsp3) is 0.844. The van der Waals surface area contributed by atoms with Crippen LogP contribution in [0.15, 0.2) is 24.3 Å². The Bertz CT molecular complexity index is 1480. The van der Waals surface area contributed by atoms with E-state index in [4.69, 9.17) is 42.6 Å². The van der Waals surface area contributed by atoms with Gasteiger partial charge in [-0.1, -0.05) is 31.2 Å². The molecule has 19 atom stereocenters. The molecule has 17 nitrogen and oxygen atoms in total. The summed E-state index contributed by atoms with van der Waals surface area (Å²) in [6, 6.07) is -0.509. The summed E-state index contributed by atoms with van der Waals surface area (Å²) in [6.45, 7) is 12.0. The van der Waals surface area contributed by atoms with Gasteiger partial charge in [0, 0.05) is 39.3 Å². The van der Waals surface area contributed by atoms with E-state index >= 15 is 0 Å². The van der Waals surface area contributed by atoms with Crippen molar-refractivity contribution in [1.29, 1.82) is 0 Å². The van der Waals surface area contributed by atoms with E-state index in [-0.39, 0.29) is 37.3 Å². The quantitative estimate of drug-likeness (QED) is 0.191. The molecule has 0 aliphatic carbocycles. The summed E-state index contributed by atoms with van der Waals surface area (Å²) in [5.74, 6) is -2.21. The van der Waals surface area contributed by atoms with Gasteiger partial charge in [-0.25, -0.2) is 0 Å². The third kappa shape index (κ3) is 14.1. The SMILES string of the molecule is CO[C@@H]1[C@@H](O[C@@H]2O[C@H](C)[C@@H](O[C@H]3C[C@@](C)(O)[C@@H](O)[C@H](C)O3)[C@H](N(C)C)[C@H]2O)[C@@H](CC=O)C[C@@H](C)[C@@H](O[C@H]2CC[C@H](N(C)C)[C@@H](C)O2)/C=C\C=C/C[C@@H](C)OC(=O)C[C@H]1OC(C)=O. The Morgan fingerprint density at radius 3 is 2.19 bits per heavy atom. The van der Waals surface area contributed by atoms with Crippen LogP contribution in [-0.2, 0) is 57.0 Å². The van der Waals surface area contributed by atoms with Crippen molar-refractivity contribution in [3.8, 4) is 0 Å². The predicted octanol–water partition coefficient (Wildman–Crippen LogP) is 2.90. The average molecular weight is 885 g/mol. The predicted molar refractivity (Wildman–Crippen MR) is 226 cm³/mol. The van der Waals surface area contributed by atoms with E-state index in [1.165, 1.54) is 21.0 Å². The van der Waals surface area contributed by atoms with Crippen molar-refractivity contribution in [2.45, 2.75) is 197 Å². The van der Waals surface area contributed by atoms with Gasteiger partial charge in [0.05, 0.1) is 48.6 Å². The number of hydrogen-bond donors (Lipinski definition) is 3. The number of aliphatic hydroxyl groups excluding tert-OH is 2. The maximum Gasteiger partial charge on any atom is 0.309 e. The smallest absolute Gasteiger partial charge is 0.309 e. The minimum absolute atomic E-state index is 0.0293. The van der Waals surface area contributed by atoms with Gasteiger partial charge >= 0.3 is 11.9 Å². The van der Waals surface area contributed by atoms with Crippen molar-refractivity contribution in [3.63, 3.8) is 0 Å². The van der Waals surface area contributed by atoms with Crippen LogP contribution >= 0.6 is 0 Å². The zero-order chi connectivity index (χ0) is 46.1. The molecule has 0 spiro atoms. The number of carbonyl (C=O) groups excluding carboxylic acids is 3. The summed E-state index contributed by atoms with van der Waals surface area (Å²) >= 11 is 0. The molecule has 3 saturated heterocycles. The summed E-state index contributed by atoms with van der Waals surface area (Å²) < 4.78 is 56.3. The highest BCUT2D eigenvalue weighted by Crippen LogP contribution is 2.38. The Kier molecular flexibility index (Phi) is 20.0. The van der Waals surface area contributed by atoms with Gasteiger partial charge in [-0.15, -0.1) is 0 Å². The van der Waals surface area contributed by atoms with Crippen molar-refractivity contribution < 1.29 is 72.3 Å². The topological polar surface area (TPSA) is 201 Å². The molecule has 4 rings (SSSR count). The number of allylic oxidation sites excluding steroid dienone is 2. The molecule has 17 heteroatoms. The van der Waals surface area contributed by atoms with Gasteiger partial charge in [0.15, 0.2) is 18.9 Å². The van der Waals surface area contributed by atoms with E-state index in [0.29, 0.717) is 19.3 Å². The van der Waals surface area contributed by atoms with Crippen LogP contribution in [0.3, 0.4) is 0 Å². The number of methoxy groups -OCH3 is 1. The second kappa shape index (κ2) is 23.7. The van der Waals surface area contributed by atoms with Crippen molar-refractivity contribution >= 4 is 18.2 Å². The van der Waals surface area contributed by atoms with Crippen molar-refractivity contribution in [1.82, 2.24) is 9.80 Å². The van der Waals surface area contributed by atoms with E-state index < -0.39 is 109 Å². The summed E-state index contributed by atoms with van der Waals surface area (Å²) in [6.07, 6.45) is -1.81. The number of ether oxygens (including phenoxy) is 9. The third-order valence-electron chi connectivity index (χ3n) is 12.7. The number of likely N-dealkylation sites (N-methyl/N-ethyl adjacent to an activating group) is 2. The van der Waals surface area contributed by atoms with E-state index in [2.05, 4.69) is 4.90 Å². The molecule has 0 aromatic rings. The lowest BCUT2D eigenvalue weighted by Crippen LogP contribution is -2.65. The fourth-order valence-electron chi connectivity index (χ4n) is 9.40. The van der Waals surface area contributed by atoms with Gasteiger partial charge in [0.25, 0.3) is 0 Å². The standard InChI is InChI=1S/C45H76N2O15/c1-25-22-31(20-21-48)41(62-44-39(51)38(47(10)11)40(28(4)58-44)61-37-24-45(7,53)43(52)29(5)57-37)42(54-12)34(59-30(6)49)23-35(50)55-26(2)16-14-13-15-17-33(25)60-36-19-18-32(46(8)9)27(3)56-36/h13-15,17,21,25-29,31-34,36-44,51-53H,16,18-20,22-24H2,1-12H3/b14-13-,17-15-/t25-,26-,27-,28-,29+,31+,32+,33+,34-,36+,37+,38-,39-,40-,41+,42+,43+,44+,45-/m1/s1. The van der Waals surface area contributed by atoms with Crippen LogP contribution in [0.4, 0.5) is 0 Å². The largest absolute Gasteiger partial charge is 0.462 e. The Hall–Kier alpha value is -2.39. The minimum atomic E-state index is -1.49. The summed E-state index contributed by atoms with van der Waals surface area (Å²) in [7, 11) is 9.02. The molecular weight excluding hydrogens is 808 g/mol. The monoisotopic (exact) mass is 885 g/mol. The van der Waals surface area contributed by atoms with Crippen molar-refractivity contribution in [2.24, 2.45) is 11.8 Å². The molecule has 0 aromatic heterocycles. The van der Waals surface area contributed by atoms with Crippen molar-refractivity contribution in [3.05, 3.63) is 24.3 Å². The first kappa shape index (κ1) is 52.2. The van der Waals surface area contributed by atoms with Crippen LogP contribution in [0.1, 0.15) is 93.4 Å². The highest BCUT2D eigenvalue weighted by atomic mass is 16.7. The first-order chi connectivity index (χ1) is 29.2. The number of nitrogens with zero attached hydrogens (tertiary/aromatic N) is 2. The van der Waals surface area contributed by atoms with Crippen LogP contribution in [-0.4, -0.2) is 182 Å². The van der Waals surface area contributed by atoms with E-state index in [0.717, 1.165) is 12.7 Å². The van der Waals surface area contributed by atoms with Gasteiger partial charge in [0.1, 0.15) is 42.9 Å². The highest BCUT2D eigenvalue weighted by molar-refractivity contribution is 5.72. The Balaban J connectivity index is 1.73. The minimum Gasteiger partial charge on any atom is -0.462 e. The average Bonchev–Trinajstić information content (AvgIpc) is 3.16. The van der Waals surface area contributed by atoms with Gasteiger partial charge in [-0.3, -0.25) is 9.59 Å². The Morgan fingerprint density at radius 2 is 1.60 bits per heavy atom. The van der Waals surface area contributed by atoms with Crippen LogP contribution in [0.2, 0.25) is 0 Å². The lowest BCUT2D eigenvalue weighted by atomic mass is 9.82. The number of rotatable bonds is 12. The van der Waals surface area contributed by atoms with E-state index in [1.807, 2.05) is 52.2 Å². The van der Waals surface area contributed by atoms with Crippen molar-refractivity contribution in [2.75, 3.05) is 35.3 Å². The first-order valence-corrected chi connectivity index (χ1v) is 22.2. The van der Waals surface area contributed by atoms with Gasteiger partial charge in [-0.2, -0.15) is 0 Å². The molecule has 0 amide bonds. The molecule has 3 N–H and O–H groups in total. The molecule has 0 saturated carbocycles.